The van der Waals surface area contributed by atoms with Gasteiger partial charge in [-0.05, 0) is 46.4 Å². The van der Waals surface area contributed by atoms with Gasteiger partial charge in [0.25, 0.3) is 0 Å². The van der Waals surface area contributed by atoms with Gasteiger partial charge in [-0.25, -0.2) is 0 Å². The van der Waals surface area contributed by atoms with Crippen LogP contribution in [0.2, 0.25) is 0 Å². The lowest BCUT2D eigenvalue weighted by molar-refractivity contribution is 0.103. The van der Waals surface area contributed by atoms with Gasteiger partial charge < -0.3 is 14.6 Å². The van der Waals surface area contributed by atoms with Crippen molar-refractivity contribution >= 4 is 27.3 Å². The first-order valence-electron chi connectivity index (χ1n) is 5.69. The van der Waals surface area contributed by atoms with Crippen LogP contribution in [-0.4, -0.2) is 19.3 Å². The first-order chi connectivity index (χ1) is 9.02. The monoisotopic (exact) mass is 342 g/mol. The van der Waals surface area contributed by atoms with Crippen molar-refractivity contribution in [3.8, 4) is 11.5 Å². The molecule has 102 valence electrons. The van der Waals surface area contributed by atoms with Gasteiger partial charge in [0, 0.05) is 10.4 Å². The Labute approximate surface area is 124 Å². The van der Waals surface area contributed by atoms with E-state index in [2.05, 4.69) is 15.9 Å². The molecule has 0 aliphatic heterocycles. The number of benzene rings is 1. The fourth-order valence-electron chi connectivity index (χ4n) is 1.97. The third-order valence-corrected chi connectivity index (χ3v) is 4.84. The van der Waals surface area contributed by atoms with Crippen molar-refractivity contribution in [1.82, 2.24) is 0 Å². The molecule has 2 rings (SSSR count). The summed E-state index contributed by atoms with van der Waals surface area (Å²) in [6.45, 7) is 1.76. The maximum Gasteiger partial charge on any atom is 0.143 e. The van der Waals surface area contributed by atoms with E-state index >= 15 is 0 Å². The zero-order chi connectivity index (χ0) is 14.0. The Morgan fingerprint density at radius 2 is 1.95 bits per heavy atom. The van der Waals surface area contributed by atoms with Crippen molar-refractivity contribution in [1.29, 1.82) is 0 Å². The van der Waals surface area contributed by atoms with Crippen LogP contribution in [0.1, 0.15) is 17.4 Å². The van der Waals surface area contributed by atoms with Crippen molar-refractivity contribution in [3.05, 3.63) is 44.6 Å². The molecule has 0 aliphatic rings. The van der Waals surface area contributed by atoms with Crippen LogP contribution >= 0.6 is 27.3 Å². The van der Waals surface area contributed by atoms with Crippen LogP contribution in [0.3, 0.4) is 0 Å². The minimum atomic E-state index is -1.10. The van der Waals surface area contributed by atoms with Crippen molar-refractivity contribution in [2.45, 2.75) is 12.5 Å². The molecule has 1 N–H and O–H groups in total. The second-order valence-corrected chi connectivity index (χ2v) is 5.95. The van der Waals surface area contributed by atoms with E-state index in [1.165, 1.54) is 11.3 Å². The van der Waals surface area contributed by atoms with Gasteiger partial charge in [0.05, 0.1) is 14.2 Å². The average molecular weight is 343 g/mol. The Morgan fingerprint density at radius 3 is 2.47 bits per heavy atom. The lowest BCUT2D eigenvalue weighted by Crippen LogP contribution is -2.22. The lowest BCUT2D eigenvalue weighted by atomic mass is 9.93. The highest BCUT2D eigenvalue weighted by Gasteiger charge is 2.31. The Kier molecular flexibility index (Phi) is 4.18. The van der Waals surface area contributed by atoms with Crippen LogP contribution in [0.5, 0.6) is 11.5 Å². The Balaban J connectivity index is 2.60. The molecule has 1 atom stereocenters. The molecule has 1 unspecified atom stereocenters. The number of halogens is 1. The largest absolute Gasteiger partial charge is 0.495 e. The molecule has 3 nitrogen and oxygen atoms in total. The normalized spacial score (nSPS) is 13.9. The molecule has 0 aliphatic carbocycles. The van der Waals surface area contributed by atoms with Gasteiger partial charge >= 0.3 is 0 Å². The average Bonchev–Trinajstić information content (AvgIpc) is 2.92. The highest BCUT2D eigenvalue weighted by Crippen LogP contribution is 2.44. The molecular formula is C14H15BrO3S. The molecule has 1 aromatic heterocycles. The Hall–Kier alpha value is -1.04. The van der Waals surface area contributed by atoms with Crippen LogP contribution in [0.4, 0.5) is 0 Å². The molecular weight excluding hydrogens is 328 g/mol. The molecule has 0 radical (unpaired) electrons. The van der Waals surface area contributed by atoms with Crippen molar-refractivity contribution < 1.29 is 14.6 Å². The summed E-state index contributed by atoms with van der Waals surface area (Å²) in [7, 11) is 3.17. The molecule has 0 amide bonds. The summed E-state index contributed by atoms with van der Waals surface area (Å²) in [5.74, 6) is 1.25. The molecule has 5 heteroatoms. The summed E-state index contributed by atoms with van der Waals surface area (Å²) < 4.78 is 11.4. The van der Waals surface area contributed by atoms with Crippen LogP contribution in [0, 0.1) is 0 Å². The number of hydrogen-bond acceptors (Lipinski definition) is 4. The van der Waals surface area contributed by atoms with E-state index in [-0.39, 0.29) is 0 Å². The fourth-order valence-corrected chi connectivity index (χ4v) is 3.44. The lowest BCUT2D eigenvalue weighted by Gasteiger charge is -2.25. The summed E-state index contributed by atoms with van der Waals surface area (Å²) in [6.07, 6.45) is 0. The molecule has 19 heavy (non-hydrogen) atoms. The number of rotatable bonds is 4. The zero-order valence-electron chi connectivity index (χ0n) is 10.9. The fraction of sp³-hybridized carbons (Fsp3) is 0.286. The number of hydrogen-bond donors (Lipinski definition) is 1. The first kappa shape index (κ1) is 14.4. The quantitative estimate of drug-likeness (QED) is 0.918. The van der Waals surface area contributed by atoms with E-state index in [0.717, 1.165) is 4.88 Å². The first-order valence-corrected chi connectivity index (χ1v) is 7.37. The molecule has 1 heterocycles. The molecule has 2 aromatic rings. The minimum absolute atomic E-state index is 0.581. The van der Waals surface area contributed by atoms with Crippen molar-refractivity contribution in [2.24, 2.45) is 0 Å². The van der Waals surface area contributed by atoms with Crippen molar-refractivity contribution in [2.75, 3.05) is 14.2 Å². The molecule has 0 fully saturated rings. The van der Waals surface area contributed by atoms with E-state index in [1.807, 2.05) is 29.6 Å². The highest BCUT2D eigenvalue weighted by molar-refractivity contribution is 9.10. The van der Waals surface area contributed by atoms with Crippen molar-refractivity contribution in [3.63, 3.8) is 0 Å². The van der Waals surface area contributed by atoms with Crippen LogP contribution < -0.4 is 9.47 Å². The standard InChI is InChI=1S/C14H15BrO3S/c1-14(16,11-5-4-8-19-11)9-6-7-10(17-2)12(15)13(9)18-3/h4-8,16H,1-3H3. The summed E-state index contributed by atoms with van der Waals surface area (Å²) >= 11 is 4.96. The molecule has 0 bridgehead atoms. The highest BCUT2D eigenvalue weighted by atomic mass is 79.9. The van der Waals surface area contributed by atoms with Gasteiger partial charge in [0.1, 0.15) is 21.6 Å². The van der Waals surface area contributed by atoms with Crippen LogP contribution in [0.25, 0.3) is 0 Å². The van der Waals surface area contributed by atoms with Crippen LogP contribution in [0.15, 0.2) is 34.1 Å². The summed E-state index contributed by atoms with van der Waals surface area (Å²) in [4.78, 5) is 0.864. The SMILES string of the molecule is COc1ccc(C(C)(O)c2cccs2)c(OC)c1Br. The topological polar surface area (TPSA) is 38.7 Å². The van der Waals surface area contributed by atoms with E-state index in [1.54, 1.807) is 21.1 Å². The number of aliphatic hydroxyl groups is 1. The summed E-state index contributed by atoms with van der Waals surface area (Å²) in [5, 5.41) is 12.8. The van der Waals surface area contributed by atoms with Gasteiger partial charge in [-0.1, -0.05) is 6.07 Å². The van der Waals surface area contributed by atoms with Gasteiger partial charge in [-0.15, -0.1) is 11.3 Å². The van der Waals surface area contributed by atoms with E-state index in [4.69, 9.17) is 9.47 Å². The van der Waals surface area contributed by atoms with E-state index in [0.29, 0.717) is 21.5 Å². The number of methoxy groups -OCH3 is 2. The van der Waals surface area contributed by atoms with Crippen LogP contribution in [-0.2, 0) is 5.60 Å². The van der Waals surface area contributed by atoms with E-state index in [9.17, 15) is 5.11 Å². The third-order valence-electron chi connectivity index (χ3n) is 3.01. The molecule has 0 saturated heterocycles. The predicted molar refractivity (Wildman–Crippen MR) is 80.2 cm³/mol. The molecule has 0 saturated carbocycles. The smallest absolute Gasteiger partial charge is 0.143 e. The number of thiophene rings is 1. The Bertz CT molecular complexity index is 564. The summed E-state index contributed by atoms with van der Waals surface area (Å²) in [5.41, 5.74) is -0.404. The van der Waals surface area contributed by atoms with Gasteiger partial charge in [0.15, 0.2) is 0 Å². The predicted octanol–water partition coefficient (Wildman–Crippen LogP) is 3.78. The third kappa shape index (κ3) is 2.50. The molecule has 1 aromatic carbocycles. The second-order valence-electron chi connectivity index (χ2n) is 4.21. The maximum absolute atomic E-state index is 10.8. The minimum Gasteiger partial charge on any atom is -0.495 e. The zero-order valence-corrected chi connectivity index (χ0v) is 13.3. The maximum atomic E-state index is 10.8. The summed E-state index contributed by atoms with van der Waals surface area (Å²) in [6, 6.07) is 7.45. The number of ether oxygens (including phenoxy) is 2. The Morgan fingerprint density at radius 1 is 1.21 bits per heavy atom. The molecule has 0 spiro atoms. The van der Waals surface area contributed by atoms with Gasteiger partial charge in [0.2, 0.25) is 0 Å². The van der Waals surface area contributed by atoms with Gasteiger partial charge in [-0.3, -0.25) is 0 Å². The van der Waals surface area contributed by atoms with E-state index < -0.39 is 5.60 Å². The van der Waals surface area contributed by atoms with Gasteiger partial charge in [-0.2, -0.15) is 0 Å². The second kappa shape index (κ2) is 5.53.